The second kappa shape index (κ2) is 5.45. The van der Waals surface area contributed by atoms with Crippen molar-refractivity contribution in [2.45, 2.75) is 58.4 Å². The van der Waals surface area contributed by atoms with E-state index in [1.54, 1.807) is 4.90 Å². The Hall–Kier alpha value is -0.810. The molecule has 0 radical (unpaired) electrons. The Balaban J connectivity index is 2.61. The molecule has 0 bridgehead atoms. The third kappa shape index (κ3) is 3.85. The van der Waals surface area contributed by atoms with Gasteiger partial charge in [0, 0.05) is 12.6 Å². The summed E-state index contributed by atoms with van der Waals surface area (Å²) in [6.45, 7) is 10.5. The summed E-state index contributed by atoms with van der Waals surface area (Å²) in [5, 5.41) is 10.0. The molecule has 0 aliphatic carbocycles. The first-order chi connectivity index (χ1) is 8.11. The fourth-order valence-electron chi connectivity index (χ4n) is 2.03. The Morgan fingerprint density at radius 1 is 1.39 bits per heavy atom. The monoisotopic (exact) mass is 258 g/mol. The number of amides is 1. The molecule has 0 aromatic rings. The number of carbonyl (C=O) groups excluding carboxylic acids is 1. The van der Waals surface area contributed by atoms with Gasteiger partial charge in [-0.05, 0) is 41.7 Å². The zero-order valence-electron chi connectivity index (χ0n) is 12.3. The first-order valence-electron chi connectivity index (χ1n) is 6.49. The molecule has 0 spiro atoms. The molecule has 2 atom stereocenters. The lowest BCUT2D eigenvalue weighted by Crippen LogP contribution is -2.44. The van der Waals surface area contributed by atoms with Crippen LogP contribution in [0.15, 0.2) is 0 Å². The smallest absolute Gasteiger partial charge is 0.410 e. The number of likely N-dealkylation sites (N-methyl/N-ethyl adjacent to an activating group) is 1. The highest BCUT2D eigenvalue weighted by Gasteiger charge is 2.38. The highest BCUT2D eigenvalue weighted by atomic mass is 16.6. The summed E-state index contributed by atoms with van der Waals surface area (Å²) in [5.41, 5.74) is -0.496. The molecule has 0 aromatic carbocycles. The number of aliphatic hydroxyl groups is 1. The van der Waals surface area contributed by atoms with Gasteiger partial charge >= 0.3 is 6.09 Å². The molecule has 18 heavy (non-hydrogen) atoms. The average molecular weight is 258 g/mol. The topological polar surface area (TPSA) is 53.0 Å². The van der Waals surface area contributed by atoms with E-state index in [9.17, 15) is 9.90 Å². The van der Waals surface area contributed by atoms with Gasteiger partial charge in [0.15, 0.2) is 0 Å². The van der Waals surface area contributed by atoms with E-state index >= 15 is 0 Å². The number of rotatable bonds is 2. The molecule has 1 aliphatic rings. The van der Waals surface area contributed by atoms with Crippen LogP contribution >= 0.6 is 0 Å². The Bertz CT molecular complexity index is 299. The van der Waals surface area contributed by atoms with Gasteiger partial charge in [-0.3, -0.25) is 4.90 Å². The molecule has 0 unspecified atom stereocenters. The molecule has 5 heteroatoms. The Kier molecular flexibility index (Phi) is 4.61. The predicted molar refractivity (Wildman–Crippen MR) is 70.5 cm³/mol. The number of ether oxygens (including phenoxy) is 1. The molecule has 1 saturated heterocycles. The lowest BCUT2D eigenvalue weighted by atomic mass is 10.1. The minimum Gasteiger partial charge on any atom is -0.444 e. The summed E-state index contributed by atoms with van der Waals surface area (Å²) in [6.07, 6.45) is -0.855. The minimum absolute atomic E-state index is 0.0162. The van der Waals surface area contributed by atoms with Crippen molar-refractivity contribution in [2.75, 3.05) is 20.1 Å². The van der Waals surface area contributed by atoms with Crippen LogP contribution in [0.2, 0.25) is 0 Å². The number of hydrogen-bond donors (Lipinski definition) is 1. The molecule has 1 rings (SSSR count). The van der Waals surface area contributed by atoms with Crippen LogP contribution in [0.5, 0.6) is 0 Å². The van der Waals surface area contributed by atoms with Gasteiger partial charge in [0.2, 0.25) is 0 Å². The Labute approximate surface area is 110 Å². The van der Waals surface area contributed by atoms with Gasteiger partial charge in [0.25, 0.3) is 0 Å². The van der Waals surface area contributed by atoms with Crippen LogP contribution in [-0.2, 0) is 4.74 Å². The van der Waals surface area contributed by atoms with Gasteiger partial charge in [-0.1, -0.05) is 0 Å². The van der Waals surface area contributed by atoms with Crippen molar-refractivity contribution >= 4 is 6.09 Å². The second-order valence-electron chi connectivity index (χ2n) is 6.28. The normalized spacial score (nSPS) is 25.1. The van der Waals surface area contributed by atoms with Crippen molar-refractivity contribution in [2.24, 2.45) is 0 Å². The summed E-state index contributed by atoms with van der Waals surface area (Å²) < 4.78 is 5.32. The van der Waals surface area contributed by atoms with E-state index in [0.29, 0.717) is 19.1 Å². The van der Waals surface area contributed by atoms with Crippen molar-refractivity contribution in [3.8, 4) is 0 Å². The van der Waals surface area contributed by atoms with Crippen LogP contribution in [0.4, 0.5) is 4.79 Å². The summed E-state index contributed by atoms with van der Waals surface area (Å²) in [5.74, 6) is 0. The number of carbonyl (C=O) groups is 1. The van der Waals surface area contributed by atoms with E-state index in [1.807, 2.05) is 27.8 Å². The maximum Gasteiger partial charge on any atom is 0.410 e. The SMILES string of the molecule is CC(C)N(C)[C@H]1CN(C(=O)OC(C)(C)C)C[C@H]1O. The van der Waals surface area contributed by atoms with Crippen LogP contribution in [0.3, 0.4) is 0 Å². The third-order valence-corrected chi connectivity index (χ3v) is 3.25. The molecule has 1 N–H and O–H groups in total. The van der Waals surface area contributed by atoms with E-state index < -0.39 is 11.7 Å². The number of β-amino-alcohol motifs (C(OH)–C–C–N with tert-alkyl or cyclic N) is 1. The summed E-state index contributed by atoms with van der Waals surface area (Å²) in [6, 6.07) is 0.320. The maximum atomic E-state index is 11.9. The van der Waals surface area contributed by atoms with Crippen LogP contribution < -0.4 is 0 Å². The van der Waals surface area contributed by atoms with Crippen LogP contribution in [0, 0.1) is 0 Å². The highest BCUT2D eigenvalue weighted by Crippen LogP contribution is 2.19. The van der Waals surface area contributed by atoms with Crippen LogP contribution in [0.25, 0.3) is 0 Å². The molecule has 0 saturated carbocycles. The van der Waals surface area contributed by atoms with Gasteiger partial charge in [-0.25, -0.2) is 4.79 Å². The van der Waals surface area contributed by atoms with Gasteiger partial charge in [0.1, 0.15) is 5.60 Å². The number of hydrogen-bond acceptors (Lipinski definition) is 4. The highest BCUT2D eigenvalue weighted by molar-refractivity contribution is 5.68. The van der Waals surface area contributed by atoms with E-state index in [2.05, 4.69) is 18.7 Å². The Morgan fingerprint density at radius 2 is 1.94 bits per heavy atom. The van der Waals surface area contributed by atoms with Gasteiger partial charge < -0.3 is 14.7 Å². The van der Waals surface area contributed by atoms with Crippen LogP contribution in [-0.4, -0.2) is 64.9 Å². The Morgan fingerprint density at radius 3 is 2.39 bits per heavy atom. The van der Waals surface area contributed by atoms with Gasteiger partial charge in [-0.15, -0.1) is 0 Å². The number of aliphatic hydroxyl groups excluding tert-OH is 1. The maximum absolute atomic E-state index is 11.9. The second-order valence-corrected chi connectivity index (χ2v) is 6.28. The van der Waals surface area contributed by atoms with Crippen molar-refractivity contribution in [1.82, 2.24) is 9.80 Å². The van der Waals surface area contributed by atoms with E-state index in [0.717, 1.165) is 0 Å². The third-order valence-electron chi connectivity index (χ3n) is 3.25. The number of nitrogens with zero attached hydrogens (tertiary/aromatic N) is 2. The predicted octanol–water partition coefficient (Wildman–Crippen LogP) is 1.31. The molecular weight excluding hydrogens is 232 g/mol. The van der Waals surface area contributed by atoms with E-state index in [-0.39, 0.29) is 12.1 Å². The quantitative estimate of drug-likeness (QED) is 0.811. The lowest BCUT2D eigenvalue weighted by Gasteiger charge is -2.30. The summed E-state index contributed by atoms with van der Waals surface area (Å²) in [4.78, 5) is 15.6. The molecule has 1 heterocycles. The molecule has 5 nitrogen and oxygen atoms in total. The van der Waals surface area contributed by atoms with Crippen molar-refractivity contribution in [3.63, 3.8) is 0 Å². The van der Waals surface area contributed by atoms with Crippen molar-refractivity contribution in [1.29, 1.82) is 0 Å². The fourth-order valence-corrected chi connectivity index (χ4v) is 2.03. The lowest BCUT2D eigenvalue weighted by molar-refractivity contribution is 0.0269. The first-order valence-corrected chi connectivity index (χ1v) is 6.49. The molecule has 106 valence electrons. The number of likely N-dealkylation sites (tertiary alicyclic amines) is 1. The molecule has 1 fully saturated rings. The zero-order chi connectivity index (χ0) is 14.1. The molecule has 0 aromatic heterocycles. The van der Waals surface area contributed by atoms with Crippen molar-refractivity contribution < 1.29 is 14.6 Å². The molecular formula is C13H26N2O3. The van der Waals surface area contributed by atoms with Gasteiger partial charge in [-0.2, -0.15) is 0 Å². The van der Waals surface area contributed by atoms with Crippen LogP contribution in [0.1, 0.15) is 34.6 Å². The fraction of sp³-hybridized carbons (Fsp3) is 0.923. The van der Waals surface area contributed by atoms with Crippen molar-refractivity contribution in [3.05, 3.63) is 0 Å². The largest absolute Gasteiger partial charge is 0.444 e. The van der Waals surface area contributed by atoms with E-state index in [4.69, 9.17) is 4.74 Å². The summed E-state index contributed by atoms with van der Waals surface area (Å²) in [7, 11) is 1.97. The molecule has 1 aliphatic heterocycles. The zero-order valence-corrected chi connectivity index (χ0v) is 12.3. The standard InChI is InChI=1S/C13H26N2O3/c1-9(2)14(6)10-7-15(8-11(10)16)12(17)18-13(3,4)5/h9-11,16H,7-8H2,1-6H3/t10-,11+/m0/s1. The first kappa shape index (κ1) is 15.2. The van der Waals surface area contributed by atoms with E-state index in [1.165, 1.54) is 0 Å². The average Bonchev–Trinajstić information content (AvgIpc) is 2.56. The minimum atomic E-state index is -0.509. The molecule has 1 amide bonds. The van der Waals surface area contributed by atoms with Gasteiger partial charge in [0.05, 0.1) is 18.7 Å². The summed E-state index contributed by atoms with van der Waals surface area (Å²) >= 11 is 0.